The van der Waals surface area contributed by atoms with Crippen LogP contribution in [0.3, 0.4) is 0 Å². The van der Waals surface area contributed by atoms with Gasteiger partial charge in [0.15, 0.2) is 0 Å². The van der Waals surface area contributed by atoms with Gasteiger partial charge in [0.05, 0.1) is 6.07 Å². The molecule has 2 nitrogen and oxygen atoms in total. The number of nitrogens with two attached hydrogens (primary N) is 1. The molecule has 0 saturated carbocycles. The van der Waals surface area contributed by atoms with Crippen molar-refractivity contribution in [1.29, 1.82) is 5.26 Å². The first-order chi connectivity index (χ1) is 7.53. The van der Waals surface area contributed by atoms with Gasteiger partial charge >= 0.3 is 0 Å². The maximum absolute atomic E-state index is 8.74. The van der Waals surface area contributed by atoms with Gasteiger partial charge in [-0.25, -0.2) is 0 Å². The second-order valence-corrected chi connectivity index (χ2v) is 5.54. The number of hydrogen-bond acceptors (Lipinski definition) is 3. The molecule has 0 radical (unpaired) electrons. The lowest BCUT2D eigenvalue weighted by molar-refractivity contribution is 0.540. The summed E-state index contributed by atoms with van der Waals surface area (Å²) in [6.07, 6.45) is 1.66. The van der Waals surface area contributed by atoms with Crippen LogP contribution in [0.1, 0.15) is 19.8 Å². The third-order valence-corrected chi connectivity index (χ3v) is 3.53. The first-order valence-electron chi connectivity index (χ1n) is 5.12. The summed E-state index contributed by atoms with van der Waals surface area (Å²) in [5, 5.41) is 9.50. The molecule has 0 aliphatic carbocycles. The lowest BCUT2D eigenvalue weighted by atomic mass is 10.0. The SMILES string of the molecule is CC(N)(C#N)CCCSc1ccc(Cl)cc1. The van der Waals surface area contributed by atoms with Gasteiger partial charge in [-0.05, 0) is 49.8 Å². The number of benzene rings is 1. The highest BCUT2D eigenvalue weighted by Crippen LogP contribution is 2.22. The van der Waals surface area contributed by atoms with Gasteiger partial charge in [0, 0.05) is 9.92 Å². The maximum Gasteiger partial charge on any atom is 0.101 e. The van der Waals surface area contributed by atoms with Crippen molar-refractivity contribution in [3.05, 3.63) is 29.3 Å². The van der Waals surface area contributed by atoms with Gasteiger partial charge in [-0.2, -0.15) is 5.26 Å². The number of rotatable bonds is 5. The lowest BCUT2D eigenvalue weighted by Gasteiger charge is -2.14. The Hall–Kier alpha value is -0.690. The maximum atomic E-state index is 8.74. The summed E-state index contributed by atoms with van der Waals surface area (Å²) in [6.45, 7) is 1.76. The van der Waals surface area contributed by atoms with Crippen molar-refractivity contribution in [2.45, 2.75) is 30.2 Å². The molecule has 1 rings (SSSR count). The van der Waals surface area contributed by atoms with Gasteiger partial charge in [-0.15, -0.1) is 11.8 Å². The summed E-state index contributed by atoms with van der Waals surface area (Å²) in [6, 6.07) is 9.86. The molecule has 4 heteroatoms. The topological polar surface area (TPSA) is 49.8 Å². The summed E-state index contributed by atoms with van der Waals surface area (Å²) in [4.78, 5) is 1.19. The Labute approximate surface area is 106 Å². The number of hydrogen-bond donors (Lipinski definition) is 1. The fourth-order valence-electron chi connectivity index (χ4n) is 1.22. The van der Waals surface area contributed by atoms with E-state index in [9.17, 15) is 0 Å². The van der Waals surface area contributed by atoms with Crippen molar-refractivity contribution in [3.63, 3.8) is 0 Å². The van der Waals surface area contributed by atoms with E-state index >= 15 is 0 Å². The van der Waals surface area contributed by atoms with Crippen molar-refractivity contribution in [3.8, 4) is 6.07 Å². The molecule has 0 aliphatic heterocycles. The molecule has 16 heavy (non-hydrogen) atoms. The van der Waals surface area contributed by atoms with Crippen LogP contribution in [-0.4, -0.2) is 11.3 Å². The average Bonchev–Trinajstić information content (AvgIpc) is 2.27. The van der Waals surface area contributed by atoms with E-state index in [0.29, 0.717) is 0 Å². The van der Waals surface area contributed by atoms with Crippen molar-refractivity contribution in [2.75, 3.05) is 5.75 Å². The molecule has 1 atom stereocenters. The predicted octanol–water partition coefficient (Wildman–Crippen LogP) is 3.45. The highest BCUT2D eigenvalue weighted by molar-refractivity contribution is 7.99. The van der Waals surface area contributed by atoms with Crippen LogP contribution in [0.15, 0.2) is 29.2 Å². The van der Waals surface area contributed by atoms with Crippen LogP contribution in [0.4, 0.5) is 0 Å². The second-order valence-electron chi connectivity index (χ2n) is 3.94. The zero-order valence-electron chi connectivity index (χ0n) is 9.24. The number of nitriles is 1. The molecule has 0 aliphatic rings. The first kappa shape index (κ1) is 13.4. The monoisotopic (exact) mass is 254 g/mol. The van der Waals surface area contributed by atoms with E-state index in [1.165, 1.54) is 4.90 Å². The van der Waals surface area contributed by atoms with Crippen LogP contribution >= 0.6 is 23.4 Å². The van der Waals surface area contributed by atoms with E-state index in [1.807, 2.05) is 24.3 Å². The van der Waals surface area contributed by atoms with Crippen LogP contribution in [0, 0.1) is 11.3 Å². The van der Waals surface area contributed by atoms with Crippen LogP contribution in [0.5, 0.6) is 0 Å². The second kappa shape index (κ2) is 6.15. The minimum atomic E-state index is -0.694. The van der Waals surface area contributed by atoms with Crippen LogP contribution in [-0.2, 0) is 0 Å². The molecule has 0 saturated heterocycles. The number of nitrogens with zero attached hydrogens (tertiary/aromatic N) is 1. The fourth-order valence-corrected chi connectivity index (χ4v) is 2.20. The molecule has 0 aromatic heterocycles. The number of halogens is 1. The van der Waals surface area contributed by atoms with E-state index in [2.05, 4.69) is 6.07 Å². The van der Waals surface area contributed by atoms with Gasteiger partial charge in [0.25, 0.3) is 0 Å². The molecule has 0 fully saturated rings. The molecule has 0 heterocycles. The van der Waals surface area contributed by atoms with Gasteiger partial charge in [-0.3, -0.25) is 0 Å². The molecule has 0 spiro atoms. The van der Waals surface area contributed by atoms with Crippen molar-refractivity contribution < 1.29 is 0 Å². The molecule has 1 aromatic carbocycles. The quantitative estimate of drug-likeness (QED) is 0.647. The highest BCUT2D eigenvalue weighted by Gasteiger charge is 2.15. The minimum absolute atomic E-state index is 0.694. The zero-order valence-corrected chi connectivity index (χ0v) is 10.8. The van der Waals surface area contributed by atoms with Crippen molar-refractivity contribution in [1.82, 2.24) is 0 Å². The van der Waals surface area contributed by atoms with Crippen LogP contribution < -0.4 is 5.73 Å². The molecular formula is C12H15ClN2S. The van der Waals surface area contributed by atoms with Gasteiger partial charge in [0.1, 0.15) is 5.54 Å². The molecule has 0 amide bonds. The Balaban J connectivity index is 2.27. The third kappa shape index (κ3) is 4.89. The largest absolute Gasteiger partial charge is 0.314 e. The Morgan fingerprint density at radius 2 is 2.06 bits per heavy atom. The molecule has 1 unspecified atom stereocenters. The summed E-state index contributed by atoms with van der Waals surface area (Å²) in [7, 11) is 0. The normalized spacial score (nSPS) is 14.1. The summed E-state index contributed by atoms with van der Waals surface area (Å²) in [5.74, 6) is 0.968. The minimum Gasteiger partial charge on any atom is -0.314 e. The van der Waals surface area contributed by atoms with Crippen LogP contribution in [0.2, 0.25) is 5.02 Å². The lowest BCUT2D eigenvalue weighted by Crippen LogP contribution is -2.33. The van der Waals surface area contributed by atoms with E-state index in [1.54, 1.807) is 18.7 Å². The average molecular weight is 255 g/mol. The Morgan fingerprint density at radius 1 is 1.44 bits per heavy atom. The summed E-state index contributed by atoms with van der Waals surface area (Å²) in [5.41, 5.74) is 5.03. The zero-order chi connectivity index (χ0) is 12.0. The molecule has 0 bridgehead atoms. The van der Waals surface area contributed by atoms with Crippen molar-refractivity contribution in [2.24, 2.45) is 5.73 Å². The van der Waals surface area contributed by atoms with E-state index in [0.717, 1.165) is 23.6 Å². The Kier molecular flexibility index (Phi) is 5.14. The van der Waals surface area contributed by atoms with E-state index in [-0.39, 0.29) is 0 Å². The van der Waals surface area contributed by atoms with Gasteiger partial charge in [0.2, 0.25) is 0 Å². The standard InChI is InChI=1S/C12H15ClN2S/c1-12(15,9-14)7-2-8-16-11-5-3-10(13)4-6-11/h3-6H,2,7-8,15H2,1H3. The predicted molar refractivity (Wildman–Crippen MR) is 69.6 cm³/mol. The molecular weight excluding hydrogens is 240 g/mol. The summed E-state index contributed by atoms with van der Waals surface area (Å²) >= 11 is 7.55. The van der Waals surface area contributed by atoms with Gasteiger partial charge in [-0.1, -0.05) is 11.6 Å². The Morgan fingerprint density at radius 3 is 2.62 bits per heavy atom. The summed E-state index contributed by atoms with van der Waals surface area (Å²) < 4.78 is 0. The van der Waals surface area contributed by atoms with Gasteiger partial charge < -0.3 is 5.73 Å². The molecule has 1 aromatic rings. The molecule has 86 valence electrons. The fraction of sp³-hybridized carbons (Fsp3) is 0.417. The number of thioether (sulfide) groups is 1. The Bertz CT molecular complexity index is 368. The van der Waals surface area contributed by atoms with Crippen molar-refractivity contribution >= 4 is 23.4 Å². The molecule has 2 N–H and O–H groups in total. The van der Waals surface area contributed by atoms with E-state index in [4.69, 9.17) is 22.6 Å². The smallest absolute Gasteiger partial charge is 0.101 e. The van der Waals surface area contributed by atoms with E-state index < -0.39 is 5.54 Å². The third-order valence-electron chi connectivity index (χ3n) is 2.18. The van der Waals surface area contributed by atoms with Crippen LogP contribution in [0.25, 0.3) is 0 Å². The highest BCUT2D eigenvalue weighted by atomic mass is 35.5. The first-order valence-corrected chi connectivity index (χ1v) is 6.48.